The van der Waals surface area contributed by atoms with Crippen molar-refractivity contribution in [1.29, 1.82) is 0 Å². The van der Waals surface area contributed by atoms with Gasteiger partial charge in [-0.3, -0.25) is 9.11 Å². The maximum absolute atomic E-state index is 10.8. The van der Waals surface area contributed by atoms with Gasteiger partial charge in [0, 0.05) is 0 Å². The summed E-state index contributed by atoms with van der Waals surface area (Å²) in [7, 11) is -10.2. The average molecular weight is 260 g/mol. The molecule has 0 unspecified atom stereocenters. The van der Waals surface area contributed by atoms with Crippen LogP contribution in [0.15, 0.2) is 12.2 Å². The fourth-order valence-corrected chi connectivity index (χ4v) is 2.02. The molecule has 0 spiro atoms. The lowest BCUT2D eigenvalue weighted by molar-refractivity contribution is 0.0909. The molecular formula is C6H12O7S2. The van der Waals surface area contributed by atoms with Gasteiger partial charge in [-0.2, -0.15) is 16.8 Å². The van der Waals surface area contributed by atoms with Crippen molar-refractivity contribution in [3.63, 3.8) is 0 Å². The van der Waals surface area contributed by atoms with Crippen LogP contribution in [0.1, 0.15) is 13.8 Å². The number of ether oxygens (including phenoxy) is 1. The van der Waals surface area contributed by atoms with Gasteiger partial charge in [-0.05, 0) is 13.8 Å². The molecule has 0 bridgehead atoms. The highest BCUT2D eigenvalue weighted by Crippen LogP contribution is 2.24. The first-order valence-electron chi connectivity index (χ1n) is 3.64. The predicted molar refractivity (Wildman–Crippen MR) is 52.3 cm³/mol. The zero-order valence-electron chi connectivity index (χ0n) is 8.17. The molecule has 0 saturated carbocycles. The van der Waals surface area contributed by atoms with E-state index in [4.69, 9.17) is 9.11 Å². The average Bonchev–Trinajstić information content (AvgIpc) is 1.95. The molecule has 0 saturated heterocycles. The maximum Gasteiger partial charge on any atom is 0.318 e. The molecule has 0 aromatic rings. The van der Waals surface area contributed by atoms with Crippen molar-refractivity contribution in [3.05, 3.63) is 12.2 Å². The molecule has 0 aliphatic rings. The second-order valence-corrected chi connectivity index (χ2v) is 6.78. The highest BCUT2D eigenvalue weighted by Gasteiger charge is 2.51. The molecule has 0 aliphatic heterocycles. The van der Waals surface area contributed by atoms with Crippen LogP contribution in [0, 0.1) is 0 Å². The lowest BCUT2D eigenvalue weighted by Crippen LogP contribution is -2.45. The Balaban J connectivity index is 5.36. The van der Waals surface area contributed by atoms with Crippen LogP contribution in [0.4, 0.5) is 0 Å². The molecule has 0 atom stereocenters. The summed E-state index contributed by atoms with van der Waals surface area (Å²) in [5.74, 6) is 0. The molecule has 7 nitrogen and oxygen atoms in total. The Labute approximate surface area is 88.2 Å². The molecule has 0 rings (SSSR count). The minimum Gasteiger partial charge on any atom is -0.339 e. The van der Waals surface area contributed by atoms with E-state index in [2.05, 4.69) is 11.3 Å². The Morgan fingerprint density at radius 1 is 1.27 bits per heavy atom. The Hall–Kier alpha value is -0.480. The summed E-state index contributed by atoms with van der Waals surface area (Å²) in [6.45, 7) is 4.89. The summed E-state index contributed by atoms with van der Waals surface area (Å²) in [6, 6.07) is 0. The molecular weight excluding hydrogens is 248 g/mol. The van der Waals surface area contributed by atoms with E-state index in [1.54, 1.807) is 0 Å². The first-order chi connectivity index (χ1) is 6.42. The van der Waals surface area contributed by atoms with Crippen molar-refractivity contribution in [2.45, 2.75) is 18.1 Å². The highest BCUT2D eigenvalue weighted by molar-refractivity contribution is 8.04. The largest absolute Gasteiger partial charge is 0.339 e. The predicted octanol–water partition coefficient (Wildman–Crippen LogP) is 0.0284. The van der Waals surface area contributed by atoms with E-state index in [-0.39, 0.29) is 0 Å². The molecule has 15 heavy (non-hydrogen) atoms. The van der Waals surface area contributed by atoms with Crippen molar-refractivity contribution in [1.82, 2.24) is 0 Å². The van der Waals surface area contributed by atoms with E-state index in [1.807, 2.05) is 0 Å². The van der Waals surface area contributed by atoms with Crippen LogP contribution in [0.25, 0.3) is 0 Å². The smallest absolute Gasteiger partial charge is 0.318 e. The van der Waals surface area contributed by atoms with E-state index in [0.29, 0.717) is 12.5 Å². The van der Waals surface area contributed by atoms with Crippen molar-refractivity contribution >= 4 is 20.2 Å². The molecule has 0 aromatic carbocycles. The van der Waals surface area contributed by atoms with Crippen LogP contribution in [-0.2, 0) is 25.0 Å². The molecule has 0 heterocycles. The standard InChI is InChI=1S/C6H12O7S2/c1-5(2)4-13-6(3,14(7,8)9)15(10,11)12/h1,4H2,2-3H3,(H,7,8,9)(H,10,11,12). The van der Waals surface area contributed by atoms with Gasteiger partial charge in [-0.1, -0.05) is 12.2 Å². The number of hydrogen-bond donors (Lipinski definition) is 2. The number of rotatable bonds is 5. The lowest BCUT2D eigenvalue weighted by Gasteiger charge is -2.22. The first-order valence-corrected chi connectivity index (χ1v) is 6.52. The quantitative estimate of drug-likeness (QED) is 0.528. The van der Waals surface area contributed by atoms with Crippen LogP contribution in [0.3, 0.4) is 0 Å². The van der Waals surface area contributed by atoms with E-state index < -0.39 is 31.1 Å². The van der Waals surface area contributed by atoms with Gasteiger partial charge in [0.15, 0.2) is 0 Å². The highest BCUT2D eigenvalue weighted by atomic mass is 32.3. The molecule has 0 radical (unpaired) electrons. The fourth-order valence-electron chi connectivity index (χ4n) is 0.536. The van der Waals surface area contributed by atoms with Gasteiger partial charge in [0.2, 0.25) is 0 Å². The van der Waals surface area contributed by atoms with Crippen molar-refractivity contribution < 1.29 is 30.7 Å². The maximum atomic E-state index is 10.8. The Bertz CT molecular complexity index is 412. The third-order valence-corrected chi connectivity index (χ3v) is 4.89. The summed E-state index contributed by atoms with van der Waals surface area (Å²) in [5, 5.41) is 0. The van der Waals surface area contributed by atoms with Crippen molar-refractivity contribution in [2.75, 3.05) is 6.61 Å². The van der Waals surface area contributed by atoms with Crippen molar-refractivity contribution in [3.8, 4) is 0 Å². The second-order valence-electron chi connectivity index (χ2n) is 3.06. The summed E-state index contributed by atoms with van der Waals surface area (Å²) < 4.78 is 61.8. The van der Waals surface area contributed by atoms with Gasteiger partial charge >= 0.3 is 24.5 Å². The third-order valence-electron chi connectivity index (χ3n) is 1.52. The molecule has 9 heteroatoms. The Morgan fingerprint density at radius 3 is 1.80 bits per heavy atom. The van der Waals surface area contributed by atoms with Gasteiger partial charge in [-0.25, -0.2) is 0 Å². The summed E-state index contributed by atoms with van der Waals surface area (Å²) in [4.78, 5) is 0. The van der Waals surface area contributed by atoms with Crippen LogP contribution in [0.5, 0.6) is 0 Å². The Morgan fingerprint density at radius 2 is 1.60 bits per heavy atom. The second kappa shape index (κ2) is 4.18. The van der Waals surface area contributed by atoms with E-state index in [9.17, 15) is 16.8 Å². The summed E-state index contributed by atoms with van der Waals surface area (Å²) in [6.07, 6.45) is 0. The minimum atomic E-state index is -5.12. The van der Waals surface area contributed by atoms with E-state index in [1.165, 1.54) is 6.92 Å². The monoisotopic (exact) mass is 260 g/mol. The van der Waals surface area contributed by atoms with Crippen LogP contribution >= 0.6 is 0 Å². The van der Waals surface area contributed by atoms with Crippen LogP contribution < -0.4 is 0 Å². The van der Waals surface area contributed by atoms with Crippen LogP contribution in [-0.4, -0.2) is 36.8 Å². The lowest BCUT2D eigenvalue weighted by atomic mass is 10.4. The van der Waals surface area contributed by atoms with Crippen LogP contribution in [0.2, 0.25) is 0 Å². The van der Waals surface area contributed by atoms with Gasteiger partial charge < -0.3 is 4.74 Å². The molecule has 0 aliphatic carbocycles. The molecule has 0 aromatic heterocycles. The topological polar surface area (TPSA) is 118 Å². The molecule has 90 valence electrons. The molecule has 0 fully saturated rings. The Kier molecular flexibility index (Phi) is 4.05. The molecule has 2 N–H and O–H groups in total. The minimum absolute atomic E-state index is 0.327. The normalized spacial score (nSPS) is 13.9. The van der Waals surface area contributed by atoms with Gasteiger partial charge in [0.25, 0.3) is 0 Å². The third kappa shape index (κ3) is 3.24. The number of hydrogen-bond acceptors (Lipinski definition) is 5. The van der Waals surface area contributed by atoms with Crippen molar-refractivity contribution in [2.24, 2.45) is 0 Å². The summed E-state index contributed by atoms with van der Waals surface area (Å²) >= 11 is 0. The summed E-state index contributed by atoms with van der Waals surface area (Å²) in [5.41, 5.74) is 0.327. The molecule has 0 amide bonds. The zero-order chi connectivity index (χ0) is 12.5. The SMILES string of the molecule is C=C(C)COC(C)(S(=O)(=O)O)S(=O)(=O)O. The van der Waals surface area contributed by atoms with Gasteiger partial charge in [0.1, 0.15) is 0 Å². The van der Waals surface area contributed by atoms with Gasteiger partial charge in [-0.15, -0.1) is 0 Å². The van der Waals surface area contributed by atoms with Gasteiger partial charge in [0.05, 0.1) is 6.61 Å². The zero-order valence-corrected chi connectivity index (χ0v) is 9.80. The van der Waals surface area contributed by atoms with E-state index >= 15 is 0 Å². The first kappa shape index (κ1) is 14.5. The van der Waals surface area contributed by atoms with E-state index in [0.717, 1.165) is 0 Å². The fraction of sp³-hybridized carbons (Fsp3) is 0.667.